The zero-order chi connectivity index (χ0) is 18.4. The van der Waals surface area contributed by atoms with E-state index in [4.69, 9.17) is 0 Å². The van der Waals surface area contributed by atoms with Crippen molar-refractivity contribution in [3.63, 3.8) is 0 Å². The van der Waals surface area contributed by atoms with Gasteiger partial charge in [0, 0.05) is 6.04 Å². The number of amides is 1. The molecule has 2 aromatic carbocycles. The molecule has 1 amide bonds. The van der Waals surface area contributed by atoms with Crippen LogP contribution in [0.1, 0.15) is 23.9 Å². The molecule has 3 rings (SSSR count). The smallest absolute Gasteiger partial charge is 0.234 e. The normalized spacial score (nSPS) is 12.4. The van der Waals surface area contributed by atoms with E-state index < -0.39 is 0 Å². The molecule has 0 aliphatic carbocycles. The molecule has 1 heterocycles. The minimum atomic E-state index is 0.0640. The molecule has 0 bridgehead atoms. The highest BCUT2D eigenvalue weighted by molar-refractivity contribution is 7.18. The van der Waals surface area contributed by atoms with Crippen LogP contribution in [0, 0.1) is 0 Å². The van der Waals surface area contributed by atoms with Crippen LogP contribution < -0.4 is 5.32 Å². The Hall–Kier alpha value is -2.24. The largest absolute Gasteiger partial charge is 0.353 e. The third-order valence-electron chi connectivity index (χ3n) is 4.27. The van der Waals surface area contributed by atoms with Crippen molar-refractivity contribution < 1.29 is 4.79 Å². The number of fused-ring (bicyclic) bond motifs is 1. The highest BCUT2D eigenvalue weighted by Gasteiger charge is 2.12. The van der Waals surface area contributed by atoms with Crippen LogP contribution in [0.25, 0.3) is 10.2 Å². The molecule has 1 aromatic heterocycles. The number of likely N-dealkylation sites (N-methyl/N-ethyl adjacent to an activating group) is 1. The van der Waals surface area contributed by atoms with Crippen LogP contribution in [-0.2, 0) is 17.8 Å². The Morgan fingerprint density at radius 2 is 1.88 bits per heavy atom. The van der Waals surface area contributed by atoms with Crippen molar-refractivity contribution in [2.45, 2.75) is 32.4 Å². The van der Waals surface area contributed by atoms with E-state index in [1.807, 2.05) is 36.2 Å². The summed E-state index contributed by atoms with van der Waals surface area (Å²) in [5.74, 6) is 0.0640. The summed E-state index contributed by atoms with van der Waals surface area (Å²) in [6.45, 7) is 3.13. The van der Waals surface area contributed by atoms with Gasteiger partial charge in [-0.2, -0.15) is 0 Å². The Balaban J connectivity index is 1.43. The molecule has 0 saturated carbocycles. The first kappa shape index (κ1) is 18.5. The Morgan fingerprint density at radius 1 is 1.15 bits per heavy atom. The highest BCUT2D eigenvalue weighted by atomic mass is 32.1. The molecule has 5 heteroatoms. The van der Waals surface area contributed by atoms with Gasteiger partial charge in [-0.3, -0.25) is 9.69 Å². The average Bonchev–Trinajstić information content (AvgIpc) is 3.02. The summed E-state index contributed by atoms with van der Waals surface area (Å²) in [5, 5.41) is 4.14. The maximum Gasteiger partial charge on any atom is 0.234 e. The molecule has 0 fully saturated rings. The maximum atomic E-state index is 12.3. The van der Waals surface area contributed by atoms with Gasteiger partial charge in [0.05, 0.1) is 23.3 Å². The summed E-state index contributed by atoms with van der Waals surface area (Å²) in [6, 6.07) is 18.7. The van der Waals surface area contributed by atoms with Gasteiger partial charge in [0.15, 0.2) is 0 Å². The molecule has 0 aliphatic rings. The molecule has 0 spiro atoms. The lowest BCUT2D eigenvalue weighted by molar-refractivity contribution is -0.122. The Morgan fingerprint density at radius 3 is 2.65 bits per heavy atom. The van der Waals surface area contributed by atoms with Crippen LogP contribution >= 0.6 is 11.3 Å². The summed E-state index contributed by atoms with van der Waals surface area (Å²) >= 11 is 1.69. The molecule has 0 aliphatic heterocycles. The minimum Gasteiger partial charge on any atom is -0.353 e. The molecule has 26 heavy (non-hydrogen) atoms. The highest BCUT2D eigenvalue weighted by Crippen LogP contribution is 2.22. The van der Waals surface area contributed by atoms with Crippen molar-refractivity contribution in [1.82, 2.24) is 15.2 Å². The van der Waals surface area contributed by atoms with Gasteiger partial charge >= 0.3 is 0 Å². The first-order chi connectivity index (χ1) is 12.6. The number of hydrogen-bond donors (Lipinski definition) is 1. The van der Waals surface area contributed by atoms with E-state index in [-0.39, 0.29) is 11.9 Å². The quantitative estimate of drug-likeness (QED) is 0.657. The van der Waals surface area contributed by atoms with Crippen molar-refractivity contribution in [3.05, 3.63) is 65.2 Å². The number of hydrogen-bond acceptors (Lipinski definition) is 4. The zero-order valence-corrected chi connectivity index (χ0v) is 16.1. The topological polar surface area (TPSA) is 45.2 Å². The molecule has 0 saturated heterocycles. The molecular formula is C21H25N3OS. The predicted octanol–water partition coefficient (Wildman–Crippen LogP) is 3.87. The zero-order valence-electron chi connectivity index (χ0n) is 15.3. The van der Waals surface area contributed by atoms with Crippen molar-refractivity contribution in [1.29, 1.82) is 0 Å². The SMILES string of the molecule is C[C@@H](CCc1ccccc1)NC(=O)CN(C)Cc1nc2ccccc2s1. The minimum absolute atomic E-state index is 0.0640. The molecule has 1 atom stereocenters. The number of carbonyl (C=O) groups is 1. The Bertz CT molecular complexity index is 814. The molecule has 0 unspecified atom stereocenters. The van der Waals surface area contributed by atoms with Crippen molar-refractivity contribution >= 4 is 27.5 Å². The summed E-state index contributed by atoms with van der Waals surface area (Å²) in [4.78, 5) is 18.9. The summed E-state index contributed by atoms with van der Waals surface area (Å²) in [7, 11) is 1.96. The number of thiazole rings is 1. The Kier molecular flexibility index (Phi) is 6.36. The lowest BCUT2D eigenvalue weighted by atomic mass is 10.1. The first-order valence-corrected chi connectivity index (χ1v) is 9.78. The van der Waals surface area contributed by atoms with Crippen molar-refractivity contribution in [2.75, 3.05) is 13.6 Å². The lowest BCUT2D eigenvalue weighted by Gasteiger charge is -2.18. The van der Waals surface area contributed by atoms with Crippen molar-refractivity contribution in [3.8, 4) is 0 Å². The number of aryl methyl sites for hydroxylation is 1. The van der Waals surface area contributed by atoms with E-state index >= 15 is 0 Å². The third-order valence-corrected chi connectivity index (χ3v) is 5.29. The number of carbonyl (C=O) groups excluding carboxylic acids is 1. The molecule has 1 N–H and O–H groups in total. The van der Waals surface area contributed by atoms with E-state index in [1.165, 1.54) is 10.3 Å². The van der Waals surface area contributed by atoms with Crippen molar-refractivity contribution in [2.24, 2.45) is 0 Å². The molecule has 4 nitrogen and oxygen atoms in total. The fourth-order valence-electron chi connectivity index (χ4n) is 2.94. The fourth-order valence-corrected chi connectivity index (χ4v) is 3.99. The van der Waals surface area contributed by atoms with E-state index in [2.05, 4.69) is 47.6 Å². The second kappa shape index (κ2) is 8.92. The van der Waals surface area contributed by atoms with E-state index in [1.54, 1.807) is 11.3 Å². The number of benzene rings is 2. The van der Waals surface area contributed by atoms with Crippen LogP contribution in [0.15, 0.2) is 54.6 Å². The average molecular weight is 368 g/mol. The summed E-state index contributed by atoms with van der Waals surface area (Å²) in [5.41, 5.74) is 2.33. The monoisotopic (exact) mass is 367 g/mol. The van der Waals surface area contributed by atoms with Crippen LogP contribution in [0.5, 0.6) is 0 Å². The Labute approximate surface area is 158 Å². The number of aromatic nitrogens is 1. The third kappa shape index (κ3) is 5.38. The van der Waals surface area contributed by atoms with Gasteiger partial charge in [0.2, 0.25) is 5.91 Å². The van der Waals surface area contributed by atoms with Crippen LogP contribution in [0.3, 0.4) is 0 Å². The number of para-hydroxylation sites is 1. The lowest BCUT2D eigenvalue weighted by Crippen LogP contribution is -2.39. The molecule has 136 valence electrons. The standard InChI is InChI=1S/C21H25N3OS/c1-16(12-13-17-8-4-3-5-9-17)22-20(25)14-24(2)15-21-23-18-10-6-7-11-19(18)26-21/h3-11,16H,12-15H2,1-2H3,(H,22,25)/t16-/m0/s1. The number of rotatable bonds is 8. The van der Waals surface area contributed by atoms with Crippen LogP contribution in [0.2, 0.25) is 0 Å². The van der Waals surface area contributed by atoms with Gasteiger partial charge in [-0.25, -0.2) is 4.98 Å². The van der Waals surface area contributed by atoms with Gasteiger partial charge in [0.25, 0.3) is 0 Å². The van der Waals surface area contributed by atoms with Gasteiger partial charge in [-0.05, 0) is 44.5 Å². The van der Waals surface area contributed by atoms with E-state index in [9.17, 15) is 4.79 Å². The first-order valence-electron chi connectivity index (χ1n) is 8.96. The summed E-state index contributed by atoms with van der Waals surface area (Å²) < 4.78 is 1.19. The van der Waals surface area contributed by atoms with Crippen LogP contribution in [0.4, 0.5) is 0 Å². The van der Waals surface area contributed by atoms with Gasteiger partial charge in [-0.1, -0.05) is 42.5 Å². The second-order valence-electron chi connectivity index (χ2n) is 6.74. The van der Waals surface area contributed by atoms with Gasteiger partial charge < -0.3 is 5.32 Å². The van der Waals surface area contributed by atoms with Gasteiger partial charge in [0.1, 0.15) is 5.01 Å². The summed E-state index contributed by atoms with van der Waals surface area (Å²) in [6.07, 6.45) is 1.92. The molecule has 3 aromatic rings. The molecular weight excluding hydrogens is 342 g/mol. The second-order valence-corrected chi connectivity index (χ2v) is 7.86. The van der Waals surface area contributed by atoms with Crippen LogP contribution in [-0.4, -0.2) is 35.4 Å². The van der Waals surface area contributed by atoms with Gasteiger partial charge in [-0.15, -0.1) is 11.3 Å². The predicted molar refractivity (Wildman–Crippen MR) is 108 cm³/mol. The maximum absolute atomic E-state index is 12.3. The number of nitrogens with zero attached hydrogens (tertiary/aromatic N) is 2. The number of nitrogens with one attached hydrogen (secondary N) is 1. The van der Waals surface area contributed by atoms with E-state index in [0.29, 0.717) is 13.1 Å². The molecule has 0 radical (unpaired) electrons. The fraction of sp³-hybridized carbons (Fsp3) is 0.333. The van der Waals surface area contributed by atoms with E-state index in [0.717, 1.165) is 23.4 Å².